The van der Waals surface area contributed by atoms with E-state index in [1.54, 1.807) is 27.7 Å². The molecule has 6 nitrogen and oxygen atoms in total. The van der Waals surface area contributed by atoms with E-state index < -0.39 is 30.0 Å². The molecule has 0 aromatic rings. The van der Waals surface area contributed by atoms with Crippen LogP contribution in [0.25, 0.3) is 0 Å². The van der Waals surface area contributed by atoms with E-state index in [0.29, 0.717) is 0 Å². The lowest BCUT2D eigenvalue weighted by Crippen LogP contribution is -2.68. The summed E-state index contributed by atoms with van der Waals surface area (Å²) in [4.78, 5) is 12.3. The van der Waals surface area contributed by atoms with Crippen LogP contribution in [0.4, 0.5) is 0 Å². The fraction of sp³-hybridized carbons (Fsp3) is 0.929. The van der Waals surface area contributed by atoms with Gasteiger partial charge in [-0.25, -0.2) is 0 Å². The molecule has 0 saturated carbocycles. The maximum Gasteiger partial charge on any atom is 0.167 e. The molecule has 120 valence electrons. The maximum absolute atomic E-state index is 12.3. The lowest BCUT2D eigenvalue weighted by molar-refractivity contribution is -0.239. The Morgan fingerprint density at radius 1 is 1.15 bits per heavy atom. The first-order valence-electron chi connectivity index (χ1n) is 7.17. The average molecular weight is 292 g/mol. The van der Waals surface area contributed by atoms with Crippen molar-refractivity contribution in [2.24, 2.45) is 0 Å². The Bertz CT molecular complexity index is 308. The Morgan fingerprint density at radius 3 is 2.00 bits per heavy atom. The Balaban J connectivity index is 5.85. The molecule has 0 spiro atoms. The standard InChI is InChI=1S/C14H28O6/c1-5-11(17)14(7-3,20-8-4)13(19,6-2)12(18)10(16)9-15/h10,12,15-16,18-19H,5-9H2,1-4H3/t10?,12?,13?,14-/m1/s1. The van der Waals surface area contributed by atoms with Gasteiger partial charge in [-0.3, -0.25) is 4.79 Å². The van der Waals surface area contributed by atoms with Gasteiger partial charge in [0.25, 0.3) is 0 Å². The van der Waals surface area contributed by atoms with Gasteiger partial charge in [-0.15, -0.1) is 0 Å². The van der Waals surface area contributed by atoms with Crippen molar-refractivity contribution in [3.8, 4) is 0 Å². The van der Waals surface area contributed by atoms with E-state index in [1.807, 2.05) is 0 Å². The molecule has 0 aliphatic carbocycles. The van der Waals surface area contributed by atoms with Crippen LogP contribution < -0.4 is 0 Å². The second-order valence-electron chi connectivity index (χ2n) is 4.86. The second kappa shape index (κ2) is 8.05. The molecule has 0 aliphatic heterocycles. The zero-order valence-corrected chi connectivity index (χ0v) is 12.8. The largest absolute Gasteiger partial charge is 0.394 e. The van der Waals surface area contributed by atoms with Crippen LogP contribution in [0.5, 0.6) is 0 Å². The van der Waals surface area contributed by atoms with Crippen molar-refractivity contribution < 1.29 is 30.0 Å². The third kappa shape index (κ3) is 3.20. The molecule has 0 fully saturated rings. The van der Waals surface area contributed by atoms with Crippen LogP contribution >= 0.6 is 0 Å². The number of ether oxygens (including phenoxy) is 1. The fourth-order valence-corrected chi connectivity index (χ4v) is 2.74. The second-order valence-corrected chi connectivity index (χ2v) is 4.86. The summed E-state index contributed by atoms with van der Waals surface area (Å²) in [6.45, 7) is 6.09. The first kappa shape index (κ1) is 19.5. The fourth-order valence-electron chi connectivity index (χ4n) is 2.74. The first-order chi connectivity index (χ1) is 9.31. The minimum atomic E-state index is -1.97. The number of carbonyl (C=O) groups excluding carboxylic acids is 1. The molecular weight excluding hydrogens is 264 g/mol. The topological polar surface area (TPSA) is 107 Å². The summed E-state index contributed by atoms with van der Waals surface area (Å²) in [6.07, 6.45) is -2.92. The zero-order chi connectivity index (χ0) is 16.0. The first-order valence-corrected chi connectivity index (χ1v) is 7.17. The molecule has 0 rings (SSSR count). The zero-order valence-electron chi connectivity index (χ0n) is 12.8. The molecule has 0 saturated heterocycles. The van der Waals surface area contributed by atoms with Crippen molar-refractivity contribution in [2.75, 3.05) is 13.2 Å². The van der Waals surface area contributed by atoms with Gasteiger partial charge < -0.3 is 25.2 Å². The summed E-state index contributed by atoms with van der Waals surface area (Å²) in [5.74, 6) is -0.338. The minimum absolute atomic E-state index is 0.00477. The van der Waals surface area contributed by atoms with Crippen LogP contribution in [0.1, 0.15) is 47.0 Å². The summed E-state index contributed by atoms with van der Waals surface area (Å²) in [7, 11) is 0. The van der Waals surface area contributed by atoms with E-state index in [9.17, 15) is 20.1 Å². The van der Waals surface area contributed by atoms with Gasteiger partial charge in [-0.2, -0.15) is 0 Å². The van der Waals surface area contributed by atoms with Gasteiger partial charge in [0.05, 0.1) is 6.61 Å². The average Bonchev–Trinajstić information content (AvgIpc) is 2.49. The van der Waals surface area contributed by atoms with E-state index in [4.69, 9.17) is 9.84 Å². The van der Waals surface area contributed by atoms with Crippen molar-refractivity contribution in [1.82, 2.24) is 0 Å². The SMILES string of the molecule is CCO[C@](CC)(C(=O)CC)C(O)(CC)C(O)C(O)CO. The molecule has 0 aromatic carbocycles. The molecule has 4 N–H and O–H groups in total. The Kier molecular flexibility index (Phi) is 7.83. The van der Waals surface area contributed by atoms with Crippen molar-refractivity contribution in [2.45, 2.75) is 70.4 Å². The molecule has 3 unspecified atom stereocenters. The van der Waals surface area contributed by atoms with Crippen LogP contribution in [0.15, 0.2) is 0 Å². The van der Waals surface area contributed by atoms with Gasteiger partial charge in [-0.05, 0) is 19.8 Å². The van der Waals surface area contributed by atoms with Gasteiger partial charge >= 0.3 is 0 Å². The Hall–Kier alpha value is -0.530. The number of Topliss-reactive ketones (excluding diaryl/α,β-unsaturated/α-hetero) is 1. The molecule has 4 atom stereocenters. The molecule has 0 aliphatic rings. The van der Waals surface area contributed by atoms with Crippen molar-refractivity contribution in [3.05, 3.63) is 0 Å². The molecule has 20 heavy (non-hydrogen) atoms. The van der Waals surface area contributed by atoms with Crippen molar-refractivity contribution in [3.63, 3.8) is 0 Å². The summed E-state index contributed by atoms with van der Waals surface area (Å²) >= 11 is 0. The van der Waals surface area contributed by atoms with Gasteiger partial charge in [0.1, 0.15) is 17.8 Å². The predicted octanol–water partition coefficient (Wildman–Crippen LogP) is 0.00600. The smallest absolute Gasteiger partial charge is 0.167 e. The number of carbonyl (C=O) groups is 1. The summed E-state index contributed by atoms with van der Waals surface area (Å²) < 4.78 is 5.55. The van der Waals surface area contributed by atoms with Crippen molar-refractivity contribution >= 4 is 5.78 Å². The number of rotatable bonds is 10. The third-order valence-electron chi connectivity index (χ3n) is 3.94. The van der Waals surface area contributed by atoms with Crippen LogP contribution in [-0.2, 0) is 9.53 Å². The highest BCUT2D eigenvalue weighted by Gasteiger charge is 2.58. The highest BCUT2D eigenvalue weighted by Crippen LogP contribution is 2.38. The highest BCUT2D eigenvalue weighted by atomic mass is 16.5. The minimum Gasteiger partial charge on any atom is -0.394 e. The lowest BCUT2D eigenvalue weighted by Gasteiger charge is -2.48. The van der Waals surface area contributed by atoms with E-state index in [1.165, 1.54) is 0 Å². The predicted molar refractivity (Wildman–Crippen MR) is 74.3 cm³/mol. The molecule has 6 heteroatoms. The number of hydrogen-bond donors (Lipinski definition) is 4. The van der Waals surface area contributed by atoms with E-state index in [2.05, 4.69) is 0 Å². The van der Waals surface area contributed by atoms with E-state index >= 15 is 0 Å². The van der Waals surface area contributed by atoms with Crippen molar-refractivity contribution in [1.29, 1.82) is 0 Å². The van der Waals surface area contributed by atoms with Crippen LogP contribution in [0.3, 0.4) is 0 Å². The number of hydrogen-bond acceptors (Lipinski definition) is 6. The number of aliphatic hydroxyl groups excluding tert-OH is 3. The quantitative estimate of drug-likeness (QED) is 0.452. The Morgan fingerprint density at radius 2 is 1.70 bits per heavy atom. The Labute approximate surface area is 120 Å². The van der Waals surface area contributed by atoms with Gasteiger partial charge in [0, 0.05) is 13.0 Å². The lowest BCUT2D eigenvalue weighted by atomic mass is 9.70. The van der Waals surface area contributed by atoms with E-state index in [-0.39, 0.29) is 31.7 Å². The molecule has 0 amide bonds. The van der Waals surface area contributed by atoms with Gasteiger partial charge in [0.15, 0.2) is 11.4 Å². The normalized spacial score (nSPS) is 20.8. The summed E-state index contributed by atoms with van der Waals surface area (Å²) in [5, 5.41) is 39.7. The molecule has 0 radical (unpaired) electrons. The molecule has 0 aromatic heterocycles. The molecular formula is C14H28O6. The molecule has 0 heterocycles. The molecule has 0 bridgehead atoms. The van der Waals surface area contributed by atoms with Gasteiger partial charge in [-0.1, -0.05) is 20.8 Å². The third-order valence-corrected chi connectivity index (χ3v) is 3.94. The monoisotopic (exact) mass is 292 g/mol. The van der Waals surface area contributed by atoms with E-state index in [0.717, 1.165) is 0 Å². The van der Waals surface area contributed by atoms with Crippen LogP contribution in [-0.4, -0.2) is 62.8 Å². The number of aliphatic hydroxyl groups is 4. The van der Waals surface area contributed by atoms with Crippen LogP contribution in [0.2, 0.25) is 0 Å². The summed E-state index contributed by atoms with van der Waals surface area (Å²) in [5.41, 5.74) is -3.56. The van der Waals surface area contributed by atoms with Crippen LogP contribution in [0, 0.1) is 0 Å². The maximum atomic E-state index is 12.3. The summed E-state index contributed by atoms with van der Waals surface area (Å²) in [6, 6.07) is 0. The highest BCUT2D eigenvalue weighted by molar-refractivity contribution is 5.88. The van der Waals surface area contributed by atoms with Gasteiger partial charge in [0.2, 0.25) is 0 Å². The number of ketones is 1.